The van der Waals surface area contributed by atoms with E-state index in [1.54, 1.807) is 23.0 Å². The largest absolute Gasteiger partial charge is 0.494 e. The molecule has 0 atom stereocenters. The maximum atomic E-state index is 9.34. The molecule has 1 N–H and O–H groups in total. The van der Waals surface area contributed by atoms with E-state index in [2.05, 4.69) is 4.98 Å². The molecule has 2 rings (SSSR count). The number of aromatic hydroxyl groups is 1. The SMILES string of the molecule is Cn1c(O)ccc1-c1cccnc1. The molecule has 2 aromatic heterocycles. The molecule has 66 valence electrons. The van der Waals surface area contributed by atoms with Crippen LogP contribution < -0.4 is 0 Å². The van der Waals surface area contributed by atoms with Crippen LogP contribution in [0, 0.1) is 0 Å². The fraction of sp³-hybridized carbons (Fsp3) is 0.100. The molecule has 0 fully saturated rings. The fourth-order valence-electron chi connectivity index (χ4n) is 1.30. The number of pyridine rings is 1. The fourth-order valence-corrected chi connectivity index (χ4v) is 1.30. The zero-order valence-corrected chi connectivity index (χ0v) is 7.31. The lowest BCUT2D eigenvalue weighted by Crippen LogP contribution is -1.90. The zero-order chi connectivity index (χ0) is 9.26. The second-order valence-corrected chi connectivity index (χ2v) is 2.88. The smallest absolute Gasteiger partial charge is 0.191 e. The third-order valence-electron chi connectivity index (χ3n) is 2.05. The normalized spacial score (nSPS) is 10.2. The molecule has 2 aromatic rings. The Morgan fingerprint density at radius 1 is 1.31 bits per heavy atom. The Morgan fingerprint density at radius 3 is 2.69 bits per heavy atom. The summed E-state index contributed by atoms with van der Waals surface area (Å²) in [6.07, 6.45) is 3.50. The van der Waals surface area contributed by atoms with E-state index in [0.717, 1.165) is 11.3 Å². The van der Waals surface area contributed by atoms with Gasteiger partial charge in [-0.2, -0.15) is 0 Å². The predicted molar refractivity (Wildman–Crippen MR) is 50.3 cm³/mol. The van der Waals surface area contributed by atoms with Crippen molar-refractivity contribution >= 4 is 0 Å². The van der Waals surface area contributed by atoms with E-state index in [1.165, 1.54) is 0 Å². The summed E-state index contributed by atoms with van der Waals surface area (Å²) in [5.41, 5.74) is 1.97. The number of hydrogen-bond donors (Lipinski definition) is 1. The summed E-state index contributed by atoms with van der Waals surface area (Å²) in [4.78, 5) is 4.02. The molecule has 3 heteroatoms. The Labute approximate surface area is 76.3 Å². The molecule has 3 nitrogen and oxygen atoms in total. The van der Waals surface area contributed by atoms with Crippen molar-refractivity contribution in [2.24, 2.45) is 7.05 Å². The molecule has 0 aromatic carbocycles. The minimum absolute atomic E-state index is 0.263. The summed E-state index contributed by atoms with van der Waals surface area (Å²) in [5.74, 6) is 0.263. The van der Waals surface area contributed by atoms with Gasteiger partial charge in [-0.15, -0.1) is 0 Å². The average molecular weight is 174 g/mol. The zero-order valence-electron chi connectivity index (χ0n) is 7.31. The van der Waals surface area contributed by atoms with Gasteiger partial charge < -0.3 is 9.67 Å². The van der Waals surface area contributed by atoms with Crippen molar-refractivity contribution in [1.29, 1.82) is 0 Å². The lowest BCUT2D eigenvalue weighted by atomic mass is 10.2. The molecule has 2 heterocycles. The van der Waals surface area contributed by atoms with Crippen molar-refractivity contribution in [3.8, 4) is 17.1 Å². The summed E-state index contributed by atoms with van der Waals surface area (Å²) in [7, 11) is 1.82. The maximum absolute atomic E-state index is 9.34. The van der Waals surface area contributed by atoms with Crippen LogP contribution in [0.2, 0.25) is 0 Å². The third kappa shape index (κ3) is 1.28. The van der Waals surface area contributed by atoms with Gasteiger partial charge in [-0.25, -0.2) is 0 Å². The van der Waals surface area contributed by atoms with Gasteiger partial charge in [-0.05, 0) is 18.2 Å². The first-order valence-electron chi connectivity index (χ1n) is 4.04. The van der Waals surface area contributed by atoms with Gasteiger partial charge in [0, 0.05) is 31.1 Å². The second-order valence-electron chi connectivity index (χ2n) is 2.88. The molecule has 0 unspecified atom stereocenters. The number of nitrogens with zero attached hydrogens (tertiary/aromatic N) is 2. The van der Waals surface area contributed by atoms with Crippen molar-refractivity contribution in [2.75, 3.05) is 0 Å². The third-order valence-corrected chi connectivity index (χ3v) is 2.05. The van der Waals surface area contributed by atoms with E-state index < -0.39 is 0 Å². The van der Waals surface area contributed by atoms with Crippen molar-refractivity contribution in [1.82, 2.24) is 9.55 Å². The lowest BCUT2D eigenvalue weighted by molar-refractivity contribution is 0.433. The summed E-state index contributed by atoms with van der Waals surface area (Å²) in [6.45, 7) is 0. The van der Waals surface area contributed by atoms with Crippen molar-refractivity contribution < 1.29 is 5.11 Å². The molecule has 0 saturated heterocycles. The van der Waals surface area contributed by atoms with Crippen LogP contribution in [-0.4, -0.2) is 14.7 Å². The Morgan fingerprint density at radius 2 is 2.15 bits per heavy atom. The number of hydrogen-bond acceptors (Lipinski definition) is 2. The van der Waals surface area contributed by atoms with E-state index in [4.69, 9.17) is 0 Å². The van der Waals surface area contributed by atoms with E-state index in [1.807, 2.05) is 25.2 Å². The molecule has 0 aliphatic heterocycles. The molecular weight excluding hydrogens is 164 g/mol. The predicted octanol–water partition coefficient (Wildman–Crippen LogP) is 1.79. The molecule has 0 aliphatic carbocycles. The van der Waals surface area contributed by atoms with Crippen LogP contribution in [-0.2, 0) is 7.05 Å². The highest BCUT2D eigenvalue weighted by Gasteiger charge is 2.04. The first-order chi connectivity index (χ1) is 6.29. The van der Waals surface area contributed by atoms with Crippen molar-refractivity contribution in [3.63, 3.8) is 0 Å². The lowest BCUT2D eigenvalue weighted by Gasteiger charge is -2.02. The van der Waals surface area contributed by atoms with Gasteiger partial charge in [0.2, 0.25) is 0 Å². The van der Waals surface area contributed by atoms with Crippen LogP contribution in [0.3, 0.4) is 0 Å². The van der Waals surface area contributed by atoms with Gasteiger partial charge >= 0.3 is 0 Å². The highest BCUT2D eigenvalue weighted by atomic mass is 16.3. The Bertz CT molecular complexity index is 406. The van der Waals surface area contributed by atoms with Gasteiger partial charge in [0.1, 0.15) is 0 Å². The van der Waals surface area contributed by atoms with Crippen LogP contribution in [0.1, 0.15) is 0 Å². The van der Waals surface area contributed by atoms with Crippen molar-refractivity contribution in [2.45, 2.75) is 0 Å². The molecule has 0 saturated carbocycles. The van der Waals surface area contributed by atoms with Crippen molar-refractivity contribution in [3.05, 3.63) is 36.7 Å². The van der Waals surface area contributed by atoms with Crippen LogP contribution in [0.15, 0.2) is 36.7 Å². The minimum atomic E-state index is 0.263. The molecule has 13 heavy (non-hydrogen) atoms. The quantitative estimate of drug-likeness (QED) is 0.715. The molecule has 0 amide bonds. The number of rotatable bonds is 1. The van der Waals surface area contributed by atoms with E-state index >= 15 is 0 Å². The Hall–Kier alpha value is -1.77. The number of aromatic nitrogens is 2. The second kappa shape index (κ2) is 2.94. The highest BCUT2D eigenvalue weighted by Crippen LogP contribution is 2.23. The first-order valence-corrected chi connectivity index (χ1v) is 4.04. The topological polar surface area (TPSA) is 38.0 Å². The van der Waals surface area contributed by atoms with Crippen LogP contribution in [0.4, 0.5) is 0 Å². The Kier molecular flexibility index (Phi) is 1.77. The van der Waals surface area contributed by atoms with Gasteiger partial charge in [0.05, 0.1) is 5.69 Å². The summed E-state index contributed by atoms with van der Waals surface area (Å²) in [5, 5.41) is 9.34. The average Bonchev–Trinajstić information content (AvgIpc) is 2.49. The highest BCUT2D eigenvalue weighted by molar-refractivity contribution is 5.60. The van der Waals surface area contributed by atoms with Gasteiger partial charge in [0.25, 0.3) is 0 Å². The summed E-state index contributed by atoms with van der Waals surface area (Å²) >= 11 is 0. The monoisotopic (exact) mass is 174 g/mol. The maximum Gasteiger partial charge on any atom is 0.191 e. The molecule has 0 bridgehead atoms. The van der Waals surface area contributed by atoms with Crippen LogP contribution in [0.5, 0.6) is 5.88 Å². The van der Waals surface area contributed by atoms with Crippen LogP contribution in [0.25, 0.3) is 11.3 Å². The minimum Gasteiger partial charge on any atom is -0.494 e. The first kappa shape index (κ1) is 7.86. The molecule has 0 radical (unpaired) electrons. The van der Waals surface area contributed by atoms with E-state index in [-0.39, 0.29) is 5.88 Å². The Balaban J connectivity index is 2.53. The standard InChI is InChI=1S/C10H10N2O/c1-12-9(4-5-10(12)13)8-3-2-6-11-7-8/h2-7,13H,1H3. The van der Waals surface area contributed by atoms with Gasteiger partial charge in [-0.3, -0.25) is 4.98 Å². The van der Waals surface area contributed by atoms with Gasteiger partial charge in [0.15, 0.2) is 5.88 Å². The summed E-state index contributed by atoms with van der Waals surface area (Å²) in [6, 6.07) is 7.37. The van der Waals surface area contributed by atoms with E-state index in [9.17, 15) is 5.11 Å². The van der Waals surface area contributed by atoms with Crippen LogP contribution >= 0.6 is 0 Å². The molecular formula is C10H10N2O. The summed E-state index contributed by atoms with van der Waals surface area (Å²) < 4.78 is 1.72. The molecule has 0 aliphatic rings. The van der Waals surface area contributed by atoms with E-state index in [0.29, 0.717) is 0 Å². The van der Waals surface area contributed by atoms with Gasteiger partial charge in [-0.1, -0.05) is 0 Å². The molecule has 0 spiro atoms.